The highest BCUT2D eigenvalue weighted by Crippen LogP contribution is 2.12. The second kappa shape index (κ2) is 3.76. The molecule has 0 bridgehead atoms. The maximum Gasteiger partial charge on any atom is 0.223 e. The van der Waals surface area contributed by atoms with Gasteiger partial charge in [-0.05, 0) is 20.8 Å². The van der Waals surface area contributed by atoms with Gasteiger partial charge in [0.15, 0.2) is 5.82 Å². The van der Waals surface area contributed by atoms with Crippen molar-refractivity contribution in [1.29, 1.82) is 5.26 Å². The van der Waals surface area contributed by atoms with Gasteiger partial charge in [0.2, 0.25) is 5.89 Å². The third kappa shape index (κ3) is 2.54. The van der Waals surface area contributed by atoms with Gasteiger partial charge in [0.25, 0.3) is 0 Å². The molecule has 14 heavy (non-hydrogen) atoms. The van der Waals surface area contributed by atoms with Gasteiger partial charge in [0.05, 0.1) is 12.1 Å². The molecule has 5 nitrogen and oxygen atoms in total. The van der Waals surface area contributed by atoms with Gasteiger partial charge >= 0.3 is 0 Å². The van der Waals surface area contributed by atoms with Crippen molar-refractivity contribution in [3.05, 3.63) is 11.7 Å². The van der Waals surface area contributed by atoms with Crippen LogP contribution in [0.1, 0.15) is 38.5 Å². The zero-order chi connectivity index (χ0) is 10.8. The van der Waals surface area contributed by atoms with Crippen LogP contribution in [0.4, 0.5) is 0 Å². The molecule has 1 atom stereocenters. The molecule has 0 radical (unpaired) electrons. The van der Waals surface area contributed by atoms with E-state index in [2.05, 4.69) is 21.5 Å². The Balaban J connectivity index is 2.69. The molecule has 1 aromatic rings. The summed E-state index contributed by atoms with van der Waals surface area (Å²) in [4.78, 5) is 4.08. The maximum absolute atomic E-state index is 8.82. The molecule has 76 valence electrons. The molecular formula is C9H14N4O. The second-order valence-corrected chi connectivity index (χ2v) is 3.77. The third-order valence-corrected chi connectivity index (χ3v) is 1.79. The lowest BCUT2D eigenvalue weighted by Crippen LogP contribution is -2.39. The number of nitrogens with one attached hydrogen (secondary N) is 1. The fourth-order valence-corrected chi connectivity index (χ4v) is 1.13. The van der Waals surface area contributed by atoms with E-state index in [9.17, 15) is 0 Å². The van der Waals surface area contributed by atoms with Crippen molar-refractivity contribution in [3.8, 4) is 6.07 Å². The van der Waals surface area contributed by atoms with Gasteiger partial charge in [-0.1, -0.05) is 5.16 Å². The highest BCUT2D eigenvalue weighted by Gasteiger charge is 2.22. The van der Waals surface area contributed by atoms with E-state index in [-0.39, 0.29) is 6.04 Å². The molecule has 0 aliphatic heterocycles. The summed E-state index contributed by atoms with van der Waals surface area (Å²) in [7, 11) is 0. The number of aryl methyl sites for hydroxylation is 1. The molecule has 1 N–H and O–H groups in total. The van der Waals surface area contributed by atoms with Crippen LogP contribution in [-0.2, 0) is 0 Å². The Hall–Kier alpha value is -1.41. The van der Waals surface area contributed by atoms with E-state index in [0.717, 1.165) is 0 Å². The summed E-state index contributed by atoms with van der Waals surface area (Å²) >= 11 is 0. The predicted octanol–water partition coefficient (Wildman–Crippen LogP) is 1.33. The predicted molar refractivity (Wildman–Crippen MR) is 50.3 cm³/mol. The zero-order valence-corrected chi connectivity index (χ0v) is 8.83. The van der Waals surface area contributed by atoms with Gasteiger partial charge in [-0.3, -0.25) is 5.32 Å². The van der Waals surface area contributed by atoms with E-state index in [4.69, 9.17) is 9.78 Å². The molecule has 1 unspecified atom stereocenters. The van der Waals surface area contributed by atoms with Gasteiger partial charge in [-0.2, -0.15) is 10.2 Å². The summed E-state index contributed by atoms with van der Waals surface area (Å²) in [5, 5.41) is 15.7. The first-order valence-corrected chi connectivity index (χ1v) is 4.44. The highest BCUT2D eigenvalue weighted by molar-refractivity contribution is 5.04. The van der Waals surface area contributed by atoms with Crippen molar-refractivity contribution in [1.82, 2.24) is 15.5 Å². The van der Waals surface area contributed by atoms with E-state index in [1.165, 1.54) is 0 Å². The minimum absolute atomic E-state index is 0.0953. The first kappa shape index (κ1) is 10.7. The number of aromatic nitrogens is 2. The first-order chi connectivity index (χ1) is 6.44. The summed E-state index contributed by atoms with van der Waals surface area (Å²) in [6.45, 7) is 7.23. The summed E-state index contributed by atoms with van der Waals surface area (Å²) in [5.74, 6) is 1.11. The number of hydrogen-bond acceptors (Lipinski definition) is 5. The Morgan fingerprint density at radius 2 is 2.21 bits per heavy atom. The monoisotopic (exact) mass is 194 g/mol. The molecule has 0 spiro atoms. The summed E-state index contributed by atoms with van der Waals surface area (Å²) < 4.78 is 4.85. The molecule has 0 aromatic carbocycles. The zero-order valence-electron chi connectivity index (χ0n) is 8.83. The first-order valence-electron chi connectivity index (χ1n) is 4.44. The fraction of sp³-hybridized carbons (Fsp3) is 0.667. The standard InChI is InChI=1S/C9H14N4O/c1-6(12-9(3,4)5-10)8-11-7(2)14-13-8/h6,12H,1-4H3. The van der Waals surface area contributed by atoms with E-state index < -0.39 is 5.54 Å². The van der Waals surface area contributed by atoms with Crippen molar-refractivity contribution < 1.29 is 4.52 Å². The lowest BCUT2D eigenvalue weighted by Gasteiger charge is -2.20. The van der Waals surface area contributed by atoms with Crippen LogP contribution in [0, 0.1) is 18.3 Å². The molecule has 0 amide bonds. The number of nitrogens with zero attached hydrogens (tertiary/aromatic N) is 3. The molecule has 0 aliphatic rings. The third-order valence-electron chi connectivity index (χ3n) is 1.79. The van der Waals surface area contributed by atoms with Crippen molar-refractivity contribution in [2.24, 2.45) is 0 Å². The smallest absolute Gasteiger partial charge is 0.223 e. The van der Waals surface area contributed by atoms with Gasteiger partial charge < -0.3 is 4.52 Å². The van der Waals surface area contributed by atoms with Crippen LogP contribution in [0.15, 0.2) is 4.52 Å². The molecule has 0 fully saturated rings. The minimum atomic E-state index is -0.589. The van der Waals surface area contributed by atoms with E-state index in [0.29, 0.717) is 11.7 Å². The van der Waals surface area contributed by atoms with Crippen LogP contribution in [0.3, 0.4) is 0 Å². The van der Waals surface area contributed by atoms with Gasteiger partial charge in [-0.15, -0.1) is 0 Å². The van der Waals surface area contributed by atoms with Crippen LogP contribution in [0.25, 0.3) is 0 Å². The maximum atomic E-state index is 8.82. The van der Waals surface area contributed by atoms with Crippen LogP contribution < -0.4 is 5.32 Å². The summed E-state index contributed by atoms with van der Waals surface area (Å²) in [5.41, 5.74) is -0.589. The normalized spacial score (nSPS) is 13.6. The van der Waals surface area contributed by atoms with Crippen molar-refractivity contribution in [2.75, 3.05) is 0 Å². The fourth-order valence-electron chi connectivity index (χ4n) is 1.13. The highest BCUT2D eigenvalue weighted by atomic mass is 16.5. The van der Waals surface area contributed by atoms with E-state index >= 15 is 0 Å². The van der Waals surface area contributed by atoms with Crippen molar-refractivity contribution in [3.63, 3.8) is 0 Å². The Morgan fingerprint density at radius 1 is 1.57 bits per heavy atom. The number of rotatable bonds is 3. The molecule has 0 saturated carbocycles. The molecule has 1 aromatic heterocycles. The van der Waals surface area contributed by atoms with Crippen LogP contribution in [-0.4, -0.2) is 15.7 Å². The number of nitriles is 1. The molecule has 0 saturated heterocycles. The average Bonchev–Trinajstić information content (AvgIpc) is 2.51. The molecule has 0 aliphatic carbocycles. The Morgan fingerprint density at radius 3 is 2.64 bits per heavy atom. The quantitative estimate of drug-likeness (QED) is 0.785. The topological polar surface area (TPSA) is 74.7 Å². The van der Waals surface area contributed by atoms with Crippen LogP contribution in [0.5, 0.6) is 0 Å². The van der Waals surface area contributed by atoms with Gasteiger partial charge in [0.1, 0.15) is 5.54 Å². The van der Waals surface area contributed by atoms with Crippen LogP contribution in [0.2, 0.25) is 0 Å². The summed E-state index contributed by atoms with van der Waals surface area (Å²) in [6.07, 6.45) is 0. The number of hydrogen-bond donors (Lipinski definition) is 1. The van der Waals surface area contributed by atoms with E-state index in [1.54, 1.807) is 20.8 Å². The van der Waals surface area contributed by atoms with Gasteiger partial charge in [0, 0.05) is 6.92 Å². The molecule has 5 heteroatoms. The molecule has 1 rings (SSSR count). The second-order valence-electron chi connectivity index (χ2n) is 3.77. The molecular weight excluding hydrogens is 180 g/mol. The average molecular weight is 194 g/mol. The van der Waals surface area contributed by atoms with E-state index in [1.807, 2.05) is 6.92 Å². The largest absolute Gasteiger partial charge is 0.340 e. The lowest BCUT2D eigenvalue weighted by molar-refractivity contribution is 0.365. The van der Waals surface area contributed by atoms with Gasteiger partial charge in [-0.25, -0.2) is 0 Å². The Kier molecular flexibility index (Phi) is 2.87. The summed E-state index contributed by atoms with van der Waals surface area (Å²) in [6, 6.07) is 2.06. The minimum Gasteiger partial charge on any atom is -0.340 e. The lowest BCUT2D eigenvalue weighted by atomic mass is 10.1. The SMILES string of the molecule is Cc1nc(C(C)NC(C)(C)C#N)no1. The Labute approximate surface area is 83.1 Å². The van der Waals surface area contributed by atoms with Crippen LogP contribution >= 0.6 is 0 Å². The molecule has 1 heterocycles. The van der Waals surface area contributed by atoms with Crippen molar-refractivity contribution >= 4 is 0 Å². The Bertz CT molecular complexity index is 350. The van der Waals surface area contributed by atoms with Crippen molar-refractivity contribution in [2.45, 2.75) is 39.3 Å².